The van der Waals surface area contributed by atoms with Crippen molar-refractivity contribution in [2.45, 2.75) is 51.6 Å². The smallest absolute Gasteiger partial charge is 0.230 e. The Morgan fingerprint density at radius 1 is 1.36 bits per heavy atom. The van der Waals surface area contributed by atoms with E-state index in [9.17, 15) is 9.59 Å². The molecular weight excluding hydrogens is 338 g/mol. The van der Waals surface area contributed by atoms with Crippen LogP contribution in [-0.4, -0.2) is 41.2 Å². The van der Waals surface area contributed by atoms with Gasteiger partial charge < -0.3 is 10.2 Å². The first kappa shape index (κ1) is 17.9. The molecule has 134 valence electrons. The van der Waals surface area contributed by atoms with Gasteiger partial charge in [-0.25, -0.2) is 0 Å². The molecule has 1 saturated heterocycles. The molecule has 0 saturated carbocycles. The fourth-order valence-corrected chi connectivity index (χ4v) is 3.93. The number of benzene rings is 1. The molecule has 0 aromatic heterocycles. The van der Waals surface area contributed by atoms with Crippen molar-refractivity contribution in [2.24, 2.45) is 10.9 Å². The molecule has 0 radical (unpaired) electrons. The predicted molar refractivity (Wildman–Crippen MR) is 98.7 cm³/mol. The third-order valence-corrected chi connectivity index (χ3v) is 5.37. The van der Waals surface area contributed by atoms with E-state index in [4.69, 9.17) is 16.6 Å². The van der Waals surface area contributed by atoms with Crippen molar-refractivity contribution < 1.29 is 9.59 Å². The van der Waals surface area contributed by atoms with Crippen molar-refractivity contribution in [2.75, 3.05) is 6.54 Å². The Kier molecular flexibility index (Phi) is 5.42. The highest BCUT2D eigenvalue weighted by Gasteiger charge is 2.44. The molecule has 1 N–H and O–H groups in total. The summed E-state index contributed by atoms with van der Waals surface area (Å²) in [5, 5.41) is 3.58. The molecule has 2 heterocycles. The van der Waals surface area contributed by atoms with Crippen molar-refractivity contribution in [1.82, 2.24) is 10.2 Å². The molecule has 3 atom stereocenters. The Hall–Kier alpha value is -1.88. The van der Waals surface area contributed by atoms with E-state index in [1.807, 2.05) is 17.0 Å². The lowest BCUT2D eigenvalue weighted by Crippen LogP contribution is -2.59. The fourth-order valence-electron chi connectivity index (χ4n) is 3.81. The molecule has 1 aromatic carbocycles. The van der Waals surface area contributed by atoms with Gasteiger partial charge in [-0.05, 0) is 37.1 Å². The molecule has 0 aliphatic carbocycles. The second kappa shape index (κ2) is 7.56. The van der Waals surface area contributed by atoms with Crippen LogP contribution in [0.5, 0.6) is 0 Å². The lowest BCUT2D eigenvalue weighted by Gasteiger charge is -2.45. The topological polar surface area (TPSA) is 61.8 Å². The first-order valence-electron chi connectivity index (χ1n) is 8.93. The first-order chi connectivity index (χ1) is 12.0. The van der Waals surface area contributed by atoms with E-state index < -0.39 is 0 Å². The summed E-state index contributed by atoms with van der Waals surface area (Å²) in [4.78, 5) is 31.5. The van der Waals surface area contributed by atoms with E-state index in [0.717, 1.165) is 24.8 Å². The molecule has 1 aromatic rings. The highest BCUT2D eigenvalue weighted by Crippen LogP contribution is 2.32. The zero-order chi connectivity index (χ0) is 18.0. The SMILES string of the molecule is CCCC[C@@H]1C2N=C(c3ccc(Cl)cc3)NC(=O)C2CCN1C(C)=O. The summed E-state index contributed by atoms with van der Waals surface area (Å²) < 4.78 is 0. The summed E-state index contributed by atoms with van der Waals surface area (Å²) in [6.07, 6.45) is 3.61. The van der Waals surface area contributed by atoms with Crippen LogP contribution < -0.4 is 5.32 Å². The minimum atomic E-state index is -0.177. The number of halogens is 1. The van der Waals surface area contributed by atoms with E-state index in [1.165, 1.54) is 0 Å². The van der Waals surface area contributed by atoms with Crippen LogP contribution in [-0.2, 0) is 9.59 Å². The van der Waals surface area contributed by atoms with Gasteiger partial charge in [0.15, 0.2) is 0 Å². The number of piperidine rings is 1. The number of nitrogens with one attached hydrogen (secondary N) is 1. The standard InChI is InChI=1S/C19H24ClN3O2/c1-3-4-5-16-17-15(10-11-23(16)12(2)24)19(25)22-18(21-17)13-6-8-14(20)9-7-13/h6-9,15-17H,3-5,10-11H2,1-2H3,(H,21,22,25)/t15?,16-,17?/m1/s1. The molecule has 6 heteroatoms. The van der Waals surface area contributed by atoms with Gasteiger partial charge in [0.1, 0.15) is 5.84 Å². The number of hydrogen-bond acceptors (Lipinski definition) is 3. The number of carbonyl (C=O) groups is 2. The van der Waals surface area contributed by atoms with E-state index in [2.05, 4.69) is 12.2 Å². The quantitative estimate of drug-likeness (QED) is 0.896. The van der Waals surface area contributed by atoms with Crippen molar-refractivity contribution >= 4 is 29.3 Å². The van der Waals surface area contributed by atoms with Crippen LogP contribution in [0.15, 0.2) is 29.3 Å². The Morgan fingerprint density at radius 2 is 2.08 bits per heavy atom. The predicted octanol–water partition coefficient (Wildman–Crippen LogP) is 3.01. The van der Waals surface area contributed by atoms with Crippen molar-refractivity contribution in [3.8, 4) is 0 Å². The molecular formula is C19H24ClN3O2. The molecule has 0 spiro atoms. The summed E-state index contributed by atoms with van der Waals surface area (Å²) in [5.41, 5.74) is 0.838. The molecule has 2 aliphatic heterocycles. The van der Waals surface area contributed by atoms with Gasteiger partial charge in [0, 0.05) is 24.1 Å². The third kappa shape index (κ3) is 3.71. The molecule has 2 aliphatic rings. The zero-order valence-electron chi connectivity index (χ0n) is 14.7. The number of carbonyl (C=O) groups excluding carboxylic acids is 2. The number of aliphatic imine (C=N–C) groups is 1. The van der Waals surface area contributed by atoms with Crippen LogP contribution in [0.2, 0.25) is 5.02 Å². The molecule has 0 bridgehead atoms. The highest BCUT2D eigenvalue weighted by molar-refractivity contribution is 6.30. The summed E-state index contributed by atoms with van der Waals surface area (Å²) in [6.45, 7) is 4.37. The number of nitrogens with zero attached hydrogens (tertiary/aromatic N) is 2. The molecule has 3 rings (SSSR count). The molecule has 25 heavy (non-hydrogen) atoms. The van der Waals surface area contributed by atoms with Gasteiger partial charge in [-0.15, -0.1) is 0 Å². The maximum atomic E-state index is 12.7. The van der Waals surface area contributed by atoms with E-state index in [0.29, 0.717) is 23.8 Å². The number of amidine groups is 1. The average Bonchev–Trinajstić information content (AvgIpc) is 2.60. The van der Waals surface area contributed by atoms with Crippen LogP contribution in [0.1, 0.15) is 45.1 Å². The minimum absolute atomic E-state index is 0.00894. The summed E-state index contributed by atoms with van der Waals surface area (Å²) in [7, 11) is 0. The van der Waals surface area contributed by atoms with Gasteiger partial charge in [-0.2, -0.15) is 0 Å². The normalized spacial score (nSPS) is 25.9. The second-order valence-electron chi connectivity index (χ2n) is 6.78. The minimum Gasteiger partial charge on any atom is -0.338 e. The van der Waals surface area contributed by atoms with Crippen molar-refractivity contribution in [1.29, 1.82) is 0 Å². The molecule has 1 fully saturated rings. The molecule has 5 nitrogen and oxygen atoms in total. The first-order valence-corrected chi connectivity index (χ1v) is 9.31. The van der Waals surface area contributed by atoms with Crippen LogP contribution in [0, 0.1) is 5.92 Å². The Bertz CT molecular complexity index is 686. The number of amides is 2. The van der Waals surface area contributed by atoms with E-state index in [-0.39, 0.29) is 29.8 Å². The maximum Gasteiger partial charge on any atom is 0.230 e. The lowest BCUT2D eigenvalue weighted by atomic mass is 9.81. The van der Waals surface area contributed by atoms with Gasteiger partial charge in [0.2, 0.25) is 11.8 Å². The zero-order valence-corrected chi connectivity index (χ0v) is 15.4. The summed E-state index contributed by atoms with van der Waals surface area (Å²) >= 11 is 5.95. The number of unbranched alkanes of at least 4 members (excludes halogenated alkanes) is 1. The number of likely N-dealkylation sites (tertiary alicyclic amines) is 1. The number of rotatable bonds is 4. The fraction of sp³-hybridized carbons (Fsp3) is 0.526. The monoisotopic (exact) mass is 361 g/mol. The largest absolute Gasteiger partial charge is 0.338 e. The summed E-state index contributed by atoms with van der Waals surface area (Å²) in [5.74, 6) is 0.492. The second-order valence-corrected chi connectivity index (χ2v) is 7.22. The average molecular weight is 362 g/mol. The van der Waals surface area contributed by atoms with Gasteiger partial charge in [-0.1, -0.05) is 31.4 Å². The van der Waals surface area contributed by atoms with E-state index in [1.54, 1.807) is 19.1 Å². The Labute approximate surface area is 153 Å². The number of fused-ring (bicyclic) bond motifs is 1. The maximum absolute atomic E-state index is 12.7. The molecule has 2 amide bonds. The van der Waals surface area contributed by atoms with E-state index >= 15 is 0 Å². The lowest BCUT2D eigenvalue weighted by molar-refractivity contribution is -0.138. The van der Waals surface area contributed by atoms with Gasteiger partial charge in [0.25, 0.3) is 0 Å². The van der Waals surface area contributed by atoms with Crippen molar-refractivity contribution in [3.05, 3.63) is 34.9 Å². The van der Waals surface area contributed by atoms with Gasteiger partial charge >= 0.3 is 0 Å². The van der Waals surface area contributed by atoms with Crippen LogP contribution in [0.4, 0.5) is 0 Å². The Balaban J connectivity index is 1.95. The third-order valence-electron chi connectivity index (χ3n) is 5.12. The van der Waals surface area contributed by atoms with Crippen molar-refractivity contribution in [3.63, 3.8) is 0 Å². The van der Waals surface area contributed by atoms with Crippen LogP contribution in [0.3, 0.4) is 0 Å². The van der Waals surface area contributed by atoms with Crippen LogP contribution in [0.25, 0.3) is 0 Å². The highest BCUT2D eigenvalue weighted by atomic mass is 35.5. The van der Waals surface area contributed by atoms with Gasteiger partial charge in [-0.3, -0.25) is 14.6 Å². The number of hydrogen-bond donors (Lipinski definition) is 1. The van der Waals surface area contributed by atoms with Crippen LogP contribution >= 0.6 is 11.6 Å². The Morgan fingerprint density at radius 3 is 2.72 bits per heavy atom. The summed E-state index contributed by atoms with van der Waals surface area (Å²) in [6, 6.07) is 7.10. The van der Waals surface area contributed by atoms with Gasteiger partial charge in [0.05, 0.1) is 18.0 Å². The molecule has 2 unspecified atom stereocenters.